The van der Waals surface area contributed by atoms with E-state index in [4.69, 9.17) is 9.47 Å². The fourth-order valence-corrected chi connectivity index (χ4v) is 3.95. The fraction of sp³-hybridized carbons (Fsp3) is 0.231. The molecule has 1 fully saturated rings. The number of carbonyl (C=O) groups is 2. The Morgan fingerprint density at radius 2 is 1.64 bits per heavy atom. The van der Waals surface area contributed by atoms with Gasteiger partial charge in [-0.05, 0) is 65.8 Å². The summed E-state index contributed by atoms with van der Waals surface area (Å²) in [5.41, 5.74) is 2.94. The average Bonchev–Trinajstić information content (AvgIpc) is 3.51. The molecule has 1 aliphatic heterocycles. The number of nitrogens with zero attached hydrogens (tertiary/aromatic N) is 1. The van der Waals surface area contributed by atoms with Crippen LogP contribution < -0.4 is 9.47 Å². The van der Waals surface area contributed by atoms with Crippen LogP contribution in [0.4, 0.5) is 0 Å². The van der Waals surface area contributed by atoms with E-state index in [9.17, 15) is 19.8 Å². The Labute approximate surface area is 190 Å². The van der Waals surface area contributed by atoms with E-state index in [-0.39, 0.29) is 24.0 Å². The molecular weight excluding hydrogens is 422 g/mol. The minimum atomic E-state index is -1.18. The number of carboxylic acid groups (broad SMARTS) is 1. The van der Waals surface area contributed by atoms with Gasteiger partial charge in [-0.1, -0.05) is 30.3 Å². The van der Waals surface area contributed by atoms with Crippen molar-refractivity contribution >= 4 is 11.9 Å². The molecule has 7 heteroatoms. The lowest BCUT2D eigenvalue weighted by Gasteiger charge is -2.23. The van der Waals surface area contributed by atoms with Crippen LogP contribution >= 0.6 is 0 Å². The molecule has 2 N–H and O–H groups in total. The molecule has 0 radical (unpaired) electrons. The van der Waals surface area contributed by atoms with Crippen molar-refractivity contribution in [2.24, 2.45) is 5.92 Å². The fourth-order valence-electron chi connectivity index (χ4n) is 3.95. The number of hydrogen-bond donors (Lipinski definition) is 2. The molecule has 1 amide bonds. The SMILES string of the molecule is O=C(O)c1cc(-c2ccc(CN(CC3CC3)C(=O)c3ccc4c(c3)OCO4)cc2)ccc1O. The summed E-state index contributed by atoms with van der Waals surface area (Å²) in [5.74, 6) is 0.286. The molecule has 3 aromatic rings. The highest BCUT2D eigenvalue weighted by Crippen LogP contribution is 2.34. The normalized spacial score (nSPS) is 14.2. The van der Waals surface area contributed by atoms with Crippen molar-refractivity contribution in [3.05, 3.63) is 77.4 Å². The van der Waals surface area contributed by atoms with Crippen LogP contribution in [-0.2, 0) is 6.54 Å². The van der Waals surface area contributed by atoms with E-state index in [0.29, 0.717) is 41.6 Å². The lowest BCUT2D eigenvalue weighted by Crippen LogP contribution is -2.32. The first-order chi connectivity index (χ1) is 16.0. The smallest absolute Gasteiger partial charge is 0.339 e. The van der Waals surface area contributed by atoms with Crippen LogP contribution in [0.15, 0.2) is 60.7 Å². The first kappa shape index (κ1) is 20.9. The quantitative estimate of drug-likeness (QED) is 0.554. The van der Waals surface area contributed by atoms with Crippen molar-refractivity contribution in [3.8, 4) is 28.4 Å². The Morgan fingerprint density at radius 1 is 0.909 bits per heavy atom. The van der Waals surface area contributed by atoms with Gasteiger partial charge in [-0.2, -0.15) is 0 Å². The molecule has 0 aromatic heterocycles. The van der Waals surface area contributed by atoms with Gasteiger partial charge in [0.2, 0.25) is 6.79 Å². The van der Waals surface area contributed by atoms with Crippen molar-refractivity contribution < 1.29 is 29.3 Å². The first-order valence-electron chi connectivity index (χ1n) is 10.8. The summed E-state index contributed by atoms with van der Waals surface area (Å²) in [6, 6.07) is 17.5. The van der Waals surface area contributed by atoms with Crippen molar-refractivity contribution in [2.45, 2.75) is 19.4 Å². The molecule has 5 rings (SSSR count). The Bertz CT molecular complexity index is 1220. The highest BCUT2D eigenvalue weighted by molar-refractivity contribution is 5.95. The van der Waals surface area contributed by atoms with Gasteiger partial charge < -0.3 is 24.6 Å². The number of benzene rings is 3. The molecule has 2 aliphatic rings. The van der Waals surface area contributed by atoms with Gasteiger partial charge in [0.15, 0.2) is 11.5 Å². The summed E-state index contributed by atoms with van der Waals surface area (Å²) in [6.07, 6.45) is 2.27. The number of amides is 1. The van der Waals surface area contributed by atoms with Gasteiger partial charge >= 0.3 is 5.97 Å². The molecule has 3 aromatic carbocycles. The molecule has 33 heavy (non-hydrogen) atoms. The maximum Gasteiger partial charge on any atom is 0.339 e. The van der Waals surface area contributed by atoms with Crippen LogP contribution in [0.25, 0.3) is 11.1 Å². The number of carbonyl (C=O) groups excluding carboxylic acids is 1. The van der Waals surface area contributed by atoms with Crippen LogP contribution in [0.5, 0.6) is 17.2 Å². The number of carboxylic acids is 1. The van der Waals surface area contributed by atoms with E-state index < -0.39 is 5.97 Å². The molecule has 7 nitrogen and oxygen atoms in total. The van der Waals surface area contributed by atoms with E-state index in [0.717, 1.165) is 24.0 Å². The van der Waals surface area contributed by atoms with Crippen molar-refractivity contribution in [2.75, 3.05) is 13.3 Å². The summed E-state index contributed by atoms with van der Waals surface area (Å²) in [6.45, 7) is 1.34. The van der Waals surface area contributed by atoms with Crippen LogP contribution in [-0.4, -0.2) is 40.3 Å². The molecule has 1 heterocycles. The minimum absolute atomic E-state index is 0.0473. The van der Waals surface area contributed by atoms with Crippen molar-refractivity contribution in [1.82, 2.24) is 4.90 Å². The Hall–Kier alpha value is -4.00. The third-order valence-electron chi connectivity index (χ3n) is 5.97. The Kier molecular flexibility index (Phi) is 5.38. The second-order valence-corrected chi connectivity index (χ2v) is 8.43. The summed E-state index contributed by atoms with van der Waals surface area (Å²) in [7, 11) is 0. The van der Waals surface area contributed by atoms with Gasteiger partial charge in [0, 0.05) is 18.7 Å². The minimum Gasteiger partial charge on any atom is -0.507 e. The molecule has 0 atom stereocenters. The van der Waals surface area contributed by atoms with Gasteiger partial charge in [-0.15, -0.1) is 0 Å². The first-order valence-corrected chi connectivity index (χ1v) is 10.8. The molecule has 0 bridgehead atoms. The zero-order chi connectivity index (χ0) is 22.9. The van der Waals surface area contributed by atoms with E-state index in [1.54, 1.807) is 24.3 Å². The van der Waals surface area contributed by atoms with Gasteiger partial charge in [0.05, 0.1) is 0 Å². The summed E-state index contributed by atoms with van der Waals surface area (Å²) < 4.78 is 10.8. The topological polar surface area (TPSA) is 96.3 Å². The van der Waals surface area contributed by atoms with Gasteiger partial charge in [-0.3, -0.25) is 4.79 Å². The zero-order valence-electron chi connectivity index (χ0n) is 17.9. The highest BCUT2D eigenvalue weighted by atomic mass is 16.7. The lowest BCUT2D eigenvalue weighted by atomic mass is 10.0. The maximum absolute atomic E-state index is 13.3. The van der Waals surface area contributed by atoms with E-state index in [1.165, 1.54) is 12.1 Å². The third kappa shape index (κ3) is 4.48. The van der Waals surface area contributed by atoms with E-state index >= 15 is 0 Å². The number of fused-ring (bicyclic) bond motifs is 1. The number of ether oxygens (including phenoxy) is 2. The monoisotopic (exact) mass is 445 g/mol. The van der Waals surface area contributed by atoms with Crippen molar-refractivity contribution in [3.63, 3.8) is 0 Å². The molecule has 0 saturated heterocycles. The second-order valence-electron chi connectivity index (χ2n) is 8.43. The maximum atomic E-state index is 13.3. The average molecular weight is 445 g/mol. The number of hydrogen-bond acceptors (Lipinski definition) is 5. The van der Waals surface area contributed by atoms with E-state index in [2.05, 4.69) is 0 Å². The predicted octanol–water partition coefficient (Wildman–Crippen LogP) is 4.54. The van der Waals surface area contributed by atoms with Crippen LogP contribution in [0.3, 0.4) is 0 Å². The molecule has 0 unspecified atom stereocenters. The largest absolute Gasteiger partial charge is 0.507 e. The van der Waals surface area contributed by atoms with Gasteiger partial charge in [0.1, 0.15) is 11.3 Å². The molecule has 1 saturated carbocycles. The summed E-state index contributed by atoms with van der Waals surface area (Å²) in [4.78, 5) is 26.5. The molecular formula is C26H23NO6. The Morgan fingerprint density at radius 3 is 2.36 bits per heavy atom. The predicted molar refractivity (Wildman–Crippen MR) is 121 cm³/mol. The standard InChI is InChI=1S/C26H23NO6/c28-22-9-7-19(11-21(22)26(30)31)18-5-3-17(4-6-18)14-27(13-16-1-2-16)25(29)20-8-10-23-24(12-20)33-15-32-23/h3-12,16,28H,1-2,13-15H2,(H,30,31). The van der Waals surface area contributed by atoms with Gasteiger partial charge in [0.25, 0.3) is 5.91 Å². The molecule has 1 aliphatic carbocycles. The summed E-state index contributed by atoms with van der Waals surface area (Å²) in [5, 5.41) is 19.0. The number of rotatable bonds is 7. The molecule has 0 spiro atoms. The second kappa shape index (κ2) is 8.50. The van der Waals surface area contributed by atoms with Crippen LogP contribution in [0.2, 0.25) is 0 Å². The lowest BCUT2D eigenvalue weighted by molar-refractivity contribution is 0.0692. The zero-order valence-corrected chi connectivity index (χ0v) is 17.9. The number of aromatic hydroxyl groups is 1. The highest BCUT2D eigenvalue weighted by Gasteiger charge is 2.28. The van der Waals surface area contributed by atoms with Crippen LogP contribution in [0, 0.1) is 5.92 Å². The van der Waals surface area contributed by atoms with Crippen LogP contribution in [0.1, 0.15) is 39.1 Å². The van der Waals surface area contributed by atoms with Gasteiger partial charge in [-0.25, -0.2) is 4.79 Å². The van der Waals surface area contributed by atoms with Crippen molar-refractivity contribution in [1.29, 1.82) is 0 Å². The molecule has 168 valence electrons. The van der Waals surface area contributed by atoms with E-state index in [1.807, 2.05) is 29.2 Å². The summed E-state index contributed by atoms with van der Waals surface area (Å²) >= 11 is 0. The Balaban J connectivity index is 1.35. The number of phenols is 1. The third-order valence-corrected chi connectivity index (χ3v) is 5.97. The number of aromatic carboxylic acids is 1.